The molecule has 1 saturated heterocycles. The van der Waals surface area contributed by atoms with Gasteiger partial charge in [0.25, 0.3) is 0 Å². The monoisotopic (exact) mass is 465 g/mol. The van der Waals surface area contributed by atoms with Crippen LogP contribution in [0.1, 0.15) is 20.3 Å². The molecule has 1 aromatic heterocycles. The Labute approximate surface area is 198 Å². The van der Waals surface area contributed by atoms with Gasteiger partial charge in [0, 0.05) is 24.2 Å². The highest BCUT2D eigenvalue weighted by Crippen LogP contribution is 2.34. The smallest absolute Gasteiger partial charge is 0.302 e. The molecule has 1 amide bonds. The van der Waals surface area contributed by atoms with Gasteiger partial charge >= 0.3 is 6.01 Å². The molecule has 7 heteroatoms. The van der Waals surface area contributed by atoms with E-state index < -0.39 is 0 Å². The lowest BCUT2D eigenvalue weighted by molar-refractivity contribution is -0.113. The second-order valence-corrected chi connectivity index (χ2v) is 9.99. The Hall–Kier alpha value is -2.64. The van der Waals surface area contributed by atoms with Gasteiger partial charge in [-0.15, -0.1) is 0 Å². The molecule has 1 aliphatic heterocycles. The van der Waals surface area contributed by atoms with Crippen molar-refractivity contribution in [1.29, 1.82) is 0 Å². The summed E-state index contributed by atoms with van der Waals surface area (Å²) in [7, 11) is 0. The second-order valence-electron chi connectivity index (χ2n) is 8.38. The van der Waals surface area contributed by atoms with Crippen molar-refractivity contribution in [3.8, 4) is 22.6 Å². The molecule has 4 rings (SSSR count). The summed E-state index contributed by atoms with van der Waals surface area (Å²) in [6, 6.07) is 19.8. The summed E-state index contributed by atoms with van der Waals surface area (Å²) >= 11 is 6.98. The quantitative estimate of drug-likeness (QED) is 0.470. The first-order valence-electron chi connectivity index (χ1n) is 10.8. The average Bonchev–Trinajstić information content (AvgIpc) is 3.21. The van der Waals surface area contributed by atoms with E-state index in [-0.39, 0.29) is 17.7 Å². The van der Waals surface area contributed by atoms with Gasteiger partial charge in [-0.2, -0.15) is 4.98 Å². The van der Waals surface area contributed by atoms with E-state index in [1.807, 2.05) is 60.7 Å². The molecule has 32 heavy (non-hydrogen) atoms. The number of carbonyl (C=O) groups excluding carboxylic acids is 1. The minimum atomic E-state index is -0.184. The number of anilines is 1. The van der Waals surface area contributed by atoms with Gasteiger partial charge in [0.2, 0.25) is 5.91 Å². The van der Waals surface area contributed by atoms with Crippen molar-refractivity contribution in [2.24, 2.45) is 11.8 Å². The molecular weight excluding hydrogens is 438 g/mol. The van der Waals surface area contributed by atoms with Crippen molar-refractivity contribution in [2.45, 2.75) is 20.3 Å². The molecule has 2 atom stereocenters. The SMILES string of the molecule is C[C@@H]1C[C@@H](C)CN(C(=S)SCC(=O)Nc2nc(-c3ccccc3)c(-c3ccccc3)o2)C1. The summed E-state index contributed by atoms with van der Waals surface area (Å²) in [5.74, 6) is 1.90. The summed E-state index contributed by atoms with van der Waals surface area (Å²) < 4.78 is 6.76. The third kappa shape index (κ3) is 5.58. The predicted molar refractivity (Wildman–Crippen MR) is 136 cm³/mol. The third-order valence-electron chi connectivity index (χ3n) is 5.41. The number of thioether (sulfide) groups is 1. The van der Waals surface area contributed by atoms with Crippen molar-refractivity contribution in [1.82, 2.24) is 9.88 Å². The van der Waals surface area contributed by atoms with E-state index >= 15 is 0 Å². The van der Waals surface area contributed by atoms with Gasteiger partial charge in [-0.1, -0.05) is 98.5 Å². The average molecular weight is 466 g/mol. The van der Waals surface area contributed by atoms with E-state index in [0.29, 0.717) is 23.3 Å². The molecule has 0 unspecified atom stereocenters. The topological polar surface area (TPSA) is 58.4 Å². The zero-order chi connectivity index (χ0) is 22.5. The van der Waals surface area contributed by atoms with Crippen LogP contribution in [-0.2, 0) is 4.79 Å². The number of amides is 1. The lowest BCUT2D eigenvalue weighted by Gasteiger charge is -2.36. The lowest BCUT2D eigenvalue weighted by Crippen LogP contribution is -2.41. The Morgan fingerprint density at radius 3 is 2.28 bits per heavy atom. The van der Waals surface area contributed by atoms with Crippen LogP contribution in [0.3, 0.4) is 0 Å². The summed E-state index contributed by atoms with van der Waals surface area (Å²) in [5.41, 5.74) is 2.54. The molecule has 1 N–H and O–H groups in total. The number of nitrogens with zero attached hydrogens (tertiary/aromatic N) is 2. The number of thiocarbonyl (C=S) groups is 1. The Kier molecular flexibility index (Phi) is 7.27. The molecule has 0 bridgehead atoms. The van der Waals surface area contributed by atoms with Crippen LogP contribution in [0.2, 0.25) is 0 Å². The number of hydrogen-bond donors (Lipinski definition) is 1. The fraction of sp³-hybridized carbons (Fsp3) is 0.320. The number of piperidine rings is 1. The van der Waals surface area contributed by atoms with Crippen LogP contribution in [0.4, 0.5) is 6.01 Å². The minimum absolute atomic E-state index is 0.184. The zero-order valence-corrected chi connectivity index (χ0v) is 19.9. The molecule has 0 aliphatic carbocycles. The van der Waals surface area contributed by atoms with E-state index in [0.717, 1.165) is 28.5 Å². The van der Waals surface area contributed by atoms with Gasteiger partial charge in [-0.25, -0.2) is 0 Å². The molecule has 0 saturated carbocycles. The summed E-state index contributed by atoms with van der Waals surface area (Å²) in [4.78, 5) is 19.4. The maximum absolute atomic E-state index is 12.6. The molecule has 2 aromatic carbocycles. The van der Waals surface area contributed by atoms with Crippen molar-refractivity contribution < 1.29 is 9.21 Å². The standard InChI is InChI=1S/C25H27N3O2S2/c1-17-13-18(2)15-28(14-17)25(31)32-16-21(29)26-24-27-22(19-9-5-3-6-10-19)23(30-24)20-11-7-4-8-12-20/h3-12,17-18H,13-16H2,1-2H3,(H,26,27,29)/t17-,18-/m1/s1. The molecule has 3 aromatic rings. The molecule has 5 nitrogen and oxygen atoms in total. The minimum Gasteiger partial charge on any atom is -0.423 e. The maximum atomic E-state index is 12.6. The molecule has 2 heterocycles. The summed E-state index contributed by atoms with van der Waals surface area (Å²) in [5, 5.41) is 2.80. The van der Waals surface area contributed by atoms with E-state index in [2.05, 4.69) is 29.0 Å². The highest BCUT2D eigenvalue weighted by molar-refractivity contribution is 8.23. The van der Waals surface area contributed by atoms with Crippen LogP contribution in [0.25, 0.3) is 22.6 Å². The lowest BCUT2D eigenvalue weighted by atomic mass is 9.92. The first-order valence-corrected chi connectivity index (χ1v) is 12.2. The van der Waals surface area contributed by atoms with Crippen LogP contribution >= 0.6 is 24.0 Å². The third-order valence-corrected chi connectivity index (χ3v) is 6.93. The van der Waals surface area contributed by atoms with Gasteiger partial charge in [0.05, 0.1) is 5.75 Å². The fourth-order valence-electron chi connectivity index (χ4n) is 4.14. The first-order chi connectivity index (χ1) is 15.5. The zero-order valence-electron chi connectivity index (χ0n) is 18.3. The van der Waals surface area contributed by atoms with Gasteiger partial charge in [-0.05, 0) is 18.3 Å². The maximum Gasteiger partial charge on any atom is 0.302 e. The normalized spacial score (nSPS) is 18.4. The van der Waals surface area contributed by atoms with Crippen molar-refractivity contribution >= 4 is 40.2 Å². The van der Waals surface area contributed by atoms with Crippen molar-refractivity contribution in [3.63, 3.8) is 0 Å². The highest BCUT2D eigenvalue weighted by atomic mass is 32.2. The van der Waals surface area contributed by atoms with Crippen LogP contribution in [0, 0.1) is 11.8 Å². The number of oxazole rings is 1. The van der Waals surface area contributed by atoms with Gasteiger partial charge in [-0.3, -0.25) is 10.1 Å². The van der Waals surface area contributed by atoms with E-state index in [9.17, 15) is 4.79 Å². The van der Waals surface area contributed by atoms with E-state index in [1.165, 1.54) is 18.2 Å². The van der Waals surface area contributed by atoms with Crippen molar-refractivity contribution in [2.75, 3.05) is 24.2 Å². The van der Waals surface area contributed by atoms with E-state index in [1.54, 1.807) is 0 Å². The van der Waals surface area contributed by atoms with Crippen LogP contribution < -0.4 is 5.32 Å². The number of carbonyl (C=O) groups is 1. The number of nitrogens with one attached hydrogen (secondary N) is 1. The molecule has 0 spiro atoms. The van der Waals surface area contributed by atoms with Crippen LogP contribution in [0.5, 0.6) is 0 Å². The second kappa shape index (κ2) is 10.3. The Bertz CT molecular complexity index is 1000. The Morgan fingerprint density at radius 2 is 1.66 bits per heavy atom. The number of hydrogen-bond acceptors (Lipinski definition) is 5. The molecule has 1 fully saturated rings. The molecule has 1 aliphatic rings. The van der Waals surface area contributed by atoms with Crippen LogP contribution in [0.15, 0.2) is 65.1 Å². The number of rotatable bonds is 5. The molecule has 0 radical (unpaired) electrons. The van der Waals surface area contributed by atoms with Gasteiger partial charge < -0.3 is 9.32 Å². The van der Waals surface area contributed by atoms with Gasteiger partial charge in [0.15, 0.2) is 5.76 Å². The van der Waals surface area contributed by atoms with E-state index in [4.69, 9.17) is 16.6 Å². The summed E-state index contributed by atoms with van der Waals surface area (Å²) in [6.07, 6.45) is 1.22. The van der Waals surface area contributed by atoms with Crippen LogP contribution in [-0.4, -0.2) is 39.0 Å². The fourth-order valence-corrected chi connectivity index (χ4v) is 5.12. The van der Waals surface area contributed by atoms with Crippen molar-refractivity contribution in [3.05, 3.63) is 60.7 Å². The Balaban J connectivity index is 1.44. The number of likely N-dealkylation sites (tertiary alicyclic amines) is 1. The first kappa shape index (κ1) is 22.6. The largest absolute Gasteiger partial charge is 0.423 e. The highest BCUT2D eigenvalue weighted by Gasteiger charge is 2.24. The predicted octanol–water partition coefficient (Wildman–Crippen LogP) is 5.94. The molecule has 166 valence electrons. The summed E-state index contributed by atoms with van der Waals surface area (Å²) in [6.45, 7) is 6.41. The van der Waals surface area contributed by atoms with Gasteiger partial charge in [0.1, 0.15) is 10.0 Å². The number of benzene rings is 2. The molecular formula is C25H27N3O2S2. The number of aromatic nitrogens is 1. The Morgan fingerprint density at radius 1 is 1.06 bits per heavy atom.